The summed E-state index contributed by atoms with van der Waals surface area (Å²) in [4.78, 5) is 7.76. The van der Waals surface area contributed by atoms with Crippen molar-refractivity contribution in [1.82, 2.24) is 24.7 Å². The fourth-order valence-electron chi connectivity index (χ4n) is 1.66. The molecule has 2 aromatic heterocycles. The summed E-state index contributed by atoms with van der Waals surface area (Å²) >= 11 is 0. The normalized spacial score (nSPS) is 12.0. The molecule has 102 valence electrons. The predicted octanol–water partition coefficient (Wildman–Crippen LogP) is 0.0385. The van der Waals surface area contributed by atoms with Gasteiger partial charge in [-0.3, -0.25) is 4.57 Å². The first kappa shape index (κ1) is 13.6. The van der Waals surface area contributed by atoms with Crippen molar-refractivity contribution in [2.24, 2.45) is 11.1 Å². The Morgan fingerprint density at radius 1 is 1.26 bits per heavy atom. The lowest BCUT2D eigenvalue weighted by atomic mass is 10.2. The van der Waals surface area contributed by atoms with Gasteiger partial charge in [-0.15, -0.1) is 10.2 Å². The predicted molar refractivity (Wildman–Crippen MR) is 67.3 cm³/mol. The van der Waals surface area contributed by atoms with Crippen LogP contribution in [0.2, 0.25) is 0 Å². The molecule has 0 aliphatic heterocycles. The number of primary sulfonamides is 1. The van der Waals surface area contributed by atoms with Crippen LogP contribution in [0.5, 0.6) is 0 Å². The van der Waals surface area contributed by atoms with Gasteiger partial charge in [-0.1, -0.05) is 13.8 Å². The second-order valence-corrected chi connectivity index (χ2v) is 5.94. The molecule has 2 rings (SSSR count). The van der Waals surface area contributed by atoms with Crippen LogP contribution >= 0.6 is 0 Å². The summed E-state index contributed by atoms with van der Waals surface area (Å²) in [5.41, 5.74) is 0.588. The number of hydrogen-bond donors (Lipinski definition) is 1. The highest BCUT2D eigenvalue weighted by atomic mass is 32.2. The molecule has 0 aliphatic carbocycles. The molecule has 0 bridgehead atoms. The van der Waals surface area contributed by atoms with Gasteiger partial charge in [-0.05, 0) is 5.92 Å². The Morgan fingerprint density at radius 3 is 2.42 bits per heavy atom. The first-order valence-electron chi connectivity index (χ1n) is 5.61. The second kappa shape index (κ2) is 5.02. The van der Waals surface area contributed by atoms with Gasteiger partial charge in [0.05, 0.1) is 5.56 Å². The van der Waals surface area contributed by atoms with Crippen molar-refractivity contribution in [3.63, 3.8) is 0 Å². The van der Waals surface area contributed by atoms with E-state index in [1.165, 1.54) is 10.9 Å². The highest BCUT2D eigenvalue weighted by Gasteiger charge is 2.22. The number of nitrogens with zero attached hydrogens (tertiary/aromatic N) is 5. The number of aromatic nitrogens is 5. The quantitative estimate of drug-likeness (QED) is 0.846. The van der Waals surface area contributed by atoms with Gasteiger partial charge in [0.15, 0.2) is 5.82 Å². The van der Waals surface area contributed by atoms with Crippen LogP contribution < -0.4 is 5.14 Å². The van der Waals surface area contributed by atoms with Crippen LogP contribution in [0.1, 0.15) is 13.8 Å². The van der Waals surface area contributed by atoms with Gasteiger partial charge >= 0.3 is 0 Å². The van der Waals surface area contributed by atoms with E-state index in [1.807, 2.05) is 13.8 Å². The average molecular weight is 282 g/mol. The van der Waals surface area contributed by atoms with E-state index in [4.69, 9.17) is 5.14 Å². The maximum Gasteiger partial charge on any atom is 0.273 e. The lowest BCUT2D eigenvalue weighted by molar-refractivity contribution is 0.486. The van der Waals surface area contributed by atoms with Gasteiger partial charge < -0.3 is 0 Å². The highest BCUT2D eigenvalue weighted by molar-refractivity contribution is 7.89. The summed E-state index contributed by atoms with van der Waals surface area (Å²) in [6, 6.07) is 0. The first-order valence-corrected chi connectivity index (χ1v) is 7.15. The summed E-state index contributed by atoms with van der Waals surface area (Å²) in [5.74, 6) is 0.596. The minimum Gasteiger partial charge on any atom is -0.296 e. The van der Waals surface area contributed by atoms with Crippen LogP contribution in [0, 0.1) is 5.92 Å². The summed E-state index contributed by atoms with van der Waals surface area (Å²) in [5, 5.41) is 12.4. The van der Waals surface area contributed by atoms with E-state index in [0.29, 0.717) is 17.9 Å². The number of sulfonamides is 1. The molecule has 0 amide bonds. The molecule has 2 heterocycles. The molecule has 2 aromatic rings. The fourth-order valence-corrected chi connectivity index (χ4v) is 2.28. The lowest BCUT2D eigenvalue weighted by Crippen LogP contribution is -2.20. The van der Waals surface area contributed by atoms with Crippen molar-refractivity contribution in [3.8, 4) is 11.4 Å². The molecular formula is C10H14N6O2S. The van der Waals surface area contributed by atoms with E-state index < -0.39 is 10.0 Å². The van der Waals surface area contributed by atoms with Crippen LogP contribution in [-0.2, 0) is 16.6 Å². The van der Waals surface area contributed by atoms with Crippen molar-refractivity contribution >= 4 is 10.0 Å². The minimum absolute atomic E-state index is 0.208. The van der Waals surface area contributed by atoms with Crippen molar-refractivity contribution in [3.05, 3.63) is 18.7 Å². The highest BCUT2D eigenvalue weighted by Crippen LogP contribution is 2.19. The van der Waals surface area contributed by atoms with Crippen molar-refractivity contribution < 1.29 is 8.42 Å². The van der Waals surface area contributed by atoms with Crippen LogP contribution in [0.3, 0.4) is 0 Å². The van der Waals surface area contributed by atoms with E-state index in [1.54, 1.807) is 12.4 Å². The van der Waals surface area contributed by atoms with Gasteiger partial charge in [-0.2, -0.15) is 0 Å². The molecule has 0 saturated carbocycles. The second-order valence-electron chi connectivity index (χ2n) is 4.48. The molecule has 0 aliphatic rings. The Morgan fingerprint density at radius 2 is 1.89 bits per heavy atom. The topological polar surface area (TPSA) is 117 Å². The molecule has 2 N–H and O–H groups in total. The monoisotopic (exact) mass is 282 g/mol. The molecule has 0 radical (unpaired) electrons. The SMILES string of the molecule is CC(C)Cn1c(-c2cncnc2)nnc1S(N)(=O)=O. The van der Waals surface area contributed by atoms with Crippen LogP contribution in [0.4, 0.5) is 0 Å². The minimum atomic E-state index is -3.92. The lowest BCUT2D eigenvalue weighted by Gasteiger charge is -2.11. The van der Waals surface area contributed by atoms with Crippen molar-refractivity contribution in [2.45, 2.75) is 25.5 Å². The van der Waals surface area contributed by atoms with E-state index >= 15 is 0 Å². The van der Waals surface area contributed by atoms with Gasteiger partial charge in [0.2, 0.25) is 0 Å². The van der Waals surface area contributed by atoms with Crippen molar-refractivity contribution in [1.29, 1.82) is 0 Å². The molecule has 19 heavy (non-hydrogen) atoms. The van der Waals surface area contributed by atoms with Crippen LogP contribution in [-0.4, -0.2) is 33.2 Å². The number of hydrogen-bond acceptors (Lipinski definition) is 6. The molecule has 0 saturated heterocycles. The number of rotatable bonds is 4. The Labute approximate surface area is 110 Å². The third-order valence-corrected chi connectivity index (χ3v) is 3.15. The molecule has 0 aromatic carbocycles. The maximum absolute atomic E-state index is 11.5. The third kappa shape index (κ3) is 2.93. The molecule has 9 heteroatoms. The molecular weight excluding hydrogens is 268 g/mol. The Balaban J connectivity index is 2.60. The third-order valence-electron chi connectivity index (χ3n) is 2.34. The van der Waals surface area contributed by atoms with Crippen LogP contribution in [0.15, 0.2) is 23.9 Å². The zero-order chi connectivity index (χ0) is 14.0. The fraction of sp³-hybridized carbons (Fsp3) is 0.400. The van der Waals surface area contributed by atoms with Gasteiger partial charge in [0.1, 0.15) is 6.33 Å². The Kier molecular flexibility index (Phi) is 3.58. The van der Waals surface area contributed by atoms with Gasteiger partial charge in [0, 0.05) is 18.9 Å². The van der Waals surface area contributed by atoms with Crippen molar-refractivity contribution in [2.75, 3.05) is 0 Å². The molecule has 8 nitrogen and oxygen atoms in total. The molecule has 0 fully saturated rings. The summed E-state index contributed by atoms with van der Waals surface area (Å²) in [6.45, 7) is 4.35. The van der Waals surface area contributed by atoms with E-state index in [2.05, 4.69) is 20.2 Å². The maximum atomic E-state index is 11.5. The number of nitrogens with two attached hydrogens (primary N) is 1. The summed E-state index contributed by atoms with van der Waals surface area (Å²) in [7, 11) is -3.92. The van der Waals surface area contributed by atoms with Gasteiger partial charge in [-0.25, -0.2) is 23.5 Å². The Hall–Kier alpha value is -1.87. The summed E-state index contributed by atoms with van der Waals surface area (Å²) < 4.78 is 24.5. The first-order chi connectivity index (χ1) is 8.89. The Bertz CT molecular complexity index is 665. The molecule has 0 unspecified atom stereocenters. The average Bonchev–Trinajstić information content (AvgIpc) is 2.72. The molecule has 0 atom stereocenters. The standard InChI is InChI=1S/C10H14N6O2S/c1-7(2)5-16-9(8-3-12-6-13-4-8)14-15-10(16)19(11,17)18/h3-4,6-7H,5H2,1-2H3,(H2,11,17,18). The van der Waals surface area contributed by atoms with E-state index in [-0.39, 0.29) is 11.1 Å². The smallest absolute Gasteiger partial charge is 0.273 e. The van der Waals surface area contributed by atoms with Gasteiger partial charge in [0.25, 0.3) is 15.2 Å². The summed E-state index contributed by atoms with van der Waals surface area (Å²) in [6.07, 6.45) is 4.47. The molecule has 0 spiro atoms. The largest absolute Gasteiger partial charge is 0.296 e. The zero-order valence-electron chi connectivity index (χ0n) is 10.6. The van der Waals surface area contributed by atoms with E-state index in [9.17, 15) is 8.42 Å². The zero-order valence-corrected chi connectivity index (χ0v) is 11.4. The van der Waals surface area contributed by atoms with E-state index in [0.717, 1.165) is 0 Å². The van der Waals surface area contributed by atoms with Crippen LogP contribution in [0.25, 0.3) is 11.4 Å².